The van der Waals surface area contributed by atoms with E-state index in [2.05, 4.69) is 17.7 Å². The van der Waals surface area contributed by atoms with Crippen LogP contribution in [0.5, 0.6) is 0 Å². The molecule has 3 rings (SSSR count). The van der Waals surface area contributed by atoms with Gasteiger partial charge in [0.15, 0.2) is 0 Å². The molecule has 0 N–H and O–H groups in total. The predicted molar refractivity (Wildman–Crippen MR) is 32.5 cm³/mol. The second-order valence-electron chi connectivity index (χ2n) is 2.22. The van der Waals surface area contributed by atoms with Crippen molar-refractivity contribution in [3.63, 3.8) is 0 Å². The summed E-state index contributed by atoms with van der Waals surface area (Å²) in [5.74, 6) is -1.12. The van der Waals surface area contributed by atoms with Gasteiger partial charge >= 0.3 is 11.6 Å². The van der Waals surface area contributed by atoms with Gasteiger partial charge in [0.25, 0.3) is 0 Å². The normalized spacial score (nSPS) is 12.0. The Morgan fingerprint density at radius 2 is 0.833 bits per heavy atom. The molecular weight excluding hydrogens is 168 g/mol. The highest BCUT2D eigenvalue weighted by atomic mass is 16.6. The van der Waals surface area contributed by atoms with Crippen molar-refractivity contribution in [1.29, 1.82) is 0 Å². The van der Waals surface area contributed by atoms with Gasteiger partial charge in [-0.3, -0.25) is 0 Å². The molecule has 1 aliphatic rings. The minimum atomic E-state index is -0.839. The molecule has 2 aromatic heterocycles. The summed E-state index contributed by atoms with van der Waals surface area (Å²) in [6.45, 7) is 0. The van der Waals surface area contributed by atoms with Crippen LogP contribution in [0.1, 0.15) is 0 Å². The van der Waals surface area contributed by atoms with E-state index in [1.165, 1.54) is 0 Å². The molecule has 0 amide bonds. The third kappa shape index (κ3) is 0.439. The first-order chi connectivity index (χ1) is 5.75. The van der Waals surface area contributed by atoms with Crippen LogP contribution < -0.4 is 11.6 Å². The van der Waals surface area contributed by atoms with Gasteiger partial charge in [-0.1, -0.05) is 0 Å². The lowest BCUT2D eigenvalue weighted by Gasteiger charge is -2.00. The predicted octanol–water partition coefficient (Wildman–Crippen LogP) is 0.426. The van der Waals surface area contributed by atoms with Crippen molar-refractivity contribution in [3.8, 4) is 23.0 Å². The molecule has 0 spiro atoms. The average molecular weight is 168 g/mol. The van der Waals surface area contributed by atoms with E-state index < -0.39 is 11.6 Å². The third-order valence-electron chi connectivity index (χ3n) is 1.57. The van der Waals surface area contributed by atoms with Crippen LogP contribution in [-0.2, 0) is 0 Å². The smallest absolute Gasteiger partial charge is 0.386 e. The van der Waals surface area contributed by atoms with Crippen molar-refractivity contribution in [1.82, 2.24) is 0 Å². The minimum absolute atomic E-state index is 0.140. The molecular formula is C6O6. The zero-order valence-corrected chi connectivity index (χ0v) is 5.45. The summed E-state index contributed by atoms with van der Waals surface area (Å²) in [6, 6.07) is 0. The molecule has 2 aromatic rings. The zero-order valence-electron chi connectivity index (χ0n) is 5.45. The maximum absolute atomic E-state index is 10.5. The van der Waals surface area contributed by atoms with Gasteiger partial charge in [0.1, 0.15) is 0 Å². The Hall–Kier alpha value is -1.98. The number of hydrogen-bond acceptors (Lipinski definition) is 6. The molecule has 6 heteroatoms. The summed E-state index contributed by atoms with van der Waals surface area (Å²) in [4.78, 5) is 21.0. The van der Waals surface area contributed by atoms with Crippen molar-refractivity contribution in [2.75, 3.05) is 0 Å². The second kappa shape index (κ2) is 1.45. The van der Waals surface area contributed by atoms with Crippen LogP contribution in [0, 0.1) is 0 Å². The summed E-state index contributed by atoms with van der Waals surface area (Å²) in [5, 5.41) is 0. The third-order valence-corrected chi connectivity index (χ3v) is 1.57. The Morgan fingerprint density at radius 3 is 1.08 bits per heavy atom. The van der Waals surface area contributed by atoms with E-state index in [0.29, 0.717) is 0 Å². The van der Waals surface area contributed by atoms with Crippen LogP contribution >= 0.6 is 0 Å². The molecule has 0 fully saturated rings. The zero-order chi connectivity index (χ0) is 8.29. The Labute approximate surface area is 63.0 Å². The summed E-state index contributed by atoms with van der Waals surface area (Å²) < 4.78 is 18.1. The van der Waals surface area contributed by atoms with Crippen LogP contribution in [0.15, 0.2) is 27.3 Å². The van der Waals surface area contributed by atoms with Crippen LogP contribution in [-0.4, -0.2) is 0 Å². The van der Waals surface area contributed by atoms with E-state index in [1.807, 2.05) is 0 Å². The Morgan fingerprint density at radius 1 is 0.583 bits per heavy atom. The largest absolute Gasteiger partial charge is 0.519 e. The molecule has 60 valence electrons. The second-order valence-corrected chi connectivity index (χ2v) is 2.22. The maximum Gasteiger partial charge on any atom is 0.519 e. The first kappa shape index (κ1) is 5.64. The molecule has 0 bridgehead atoms. The fraction of sp³-hybridized carbons (Fsp3) is 0. The van der Waals surface area contributed by atoms with E-state index in [9.17, 15) is 9.59 Å². The van der Waals surface area contributed by atoms with E-state index >= 15 is 0 Å². The standard InChI is InChI=1S/C6O6/c7-5-9-1-2(10-5)4-3(1)11-6(8)12-4. The maximum atomic E-state index is 10.5. The molecule has 0 saturated heterocycles. The van der Waals surface area contributed by atoms with Crippen LogP contribution in [0.2, 0.25) is 0 Å². The Kier molecular flexibility index (Phi) is 0.681. The van der Waals surface area contributed by atoms with Gasteiger partial charge in [-0.2, -0.15) is 0 Å². The molecule has 1 aliphatic carbocycles. The highest BCUT2D eigenvalue weighted by molar-refractivity contribution is 5.88. The lowest BCUT2D eigenvalue weighted by atomic mass is 10.1. The number of hydrogen-bond donors (Lipinski definition) is 0. The van der Waals surface area contributed by atoms with Crippen molar-refractivity contribution in [2.45, 2.75) is 0 Å². The number of fused-ring (bicyclic) bond motifs is 4. The van der Waals surface area contributed by atoms with Crippen molar-refractivity contribution in [2.24, 2.45) is 0 Å². The molecule has 0 atom stereocenters. The van der Waals surface area contributed by atoms with Gasteiger partial charge < -0.3 is 17.7 Å². The number of rotatable bonds is 0. The summed E-state index contributed by atoms with van der Waals surface area (Å²) in [6.07, 6.45) is 0. The van der Waals surface area contributed by atoms with Crippen molar-refractivity contribution >= 4 is 0 Å². The van der Waals surface area contributed by atoms with Crippen LogP contribution in [0.3, 0.4) is 0 Å². The topological polar surface area (TPSA) is 86.7 Å². The van der Waals surface area contributed by atoms with Crippen LogP contribution in [0.4, 0.5) is 0 Å². The van der Waals surface area contributed by atoms with Gasteiger partial charge in [0.2, 0.25) is 23.0 Å². The van der Waals surface area contributed by atoms with Gasteiger partial charge in [-0.05, 0) is 0 Å². The molecule has 0 aromatic carbocycles. The quantitative estimate of drug-likeness (QED) is 0.483. The van der Waals surface area contributed by atoms with E-state index in [1.54, 1.807) is 0 Å². The highest BCUT2D eigenvalue weighted by Crippen LogP contribution is 2.45. The molecule has 12 heavy (non-hydrogen) atoms. The van der Waals surface area contributed by atoms with Crippen molar-refractivity contribution < 1.29 is 17.7 Å². The van der Waals surface area contributed by atoms with Gasteiger partial charge in [0.05, 0.1) is 0 Å². The lowest BCUT2D eigenvalue weighted by molar-refractivity contribution is 0.367. The highest BCUT2D eigenvalue weighted by Gasteiger charge is 2.39. The summed E-state index contributed by atoms with van der Waals surface area (Å²) in [5.41, 5.74) is 0. The average Bonchev–Trinajstić information content (AvgIpc) is 2.51. The SMILES string of the molecule is O=c1oc2c(o1)-c1oc(=O)oc1-2. The molecule has 0 saturated carbocycles. The monoisotopic (exact) mass is 168 g/mol. The fourth-order valence-corrected chi connectivity index (χ4v) is 1.10. The van der Waals surface area contributed by atoms with Gasteiger partial charge in [0, 0.05) is 0 Å². The Balaban J connectivity index is 2.43. The molecule has 0 aliphatic heterocycles. The molecule has 0 unspecified atom stereocenters. The van der Waals surface area contributed by atoms with Crippen molar-refractivity contribution in [3.05, 3.63) is 21.2 Å². The van der Waals surface area contributed by atoms with E-state index in [0.717, 1.165) is 0 Å². The Bertz CT molecular complexity index is 450. The lowest BCUT2D eigenvalue weighted by Crippen LogP contribution is -1.87. The van der Waals surface area contributed by atoms with Crippen LogP contribution in [0.25, 0.3) is 23.0 Å². The summed E-state index contributed by atoms with van der Waals surface area (Å²) >= 11 is 0. The van der Waals surface area contributed by atoms with E-state index in [-0.39, 0.29) is 23.0 Å². The van der Waals surface area contributed by atoms with E-state index in [4.69, 9.17) is 0 Å². The molecule has 6 nitrogen and oxygen atoms in total. The van der Waals surface area contributed by atoms with Gasteiger partial charge in [-0.25, -0.2) is 9.59 Å². The first-order valence-corrected chi connectivity index (χ1v) is 3.04. The fourth-order valence-electron chi connectivity index (χ4n) is 1.10. The van der Waals surface area contributed by atoms with Gasteiger partial charge in [-0.15, -0.1) is 0 Å². The molecule has 0 radical (unpaired) electrons. The molecule has 2 heterocycles. The minimum Gasteiger partial charge on any atom is -0.386 e. The first-order valence-electron chi connectivity index (χ1n) is 3.04. The summed E-state index contributed by atoms with van der Waals surface area (Å²) in [7, 11) is 0.